The fourth-order valence-corrected chi connectivity index (χ4v) is 5.51. The van der Waals surface area contributed by atoms with Gasteiger partial charge in [-0.3, -0.25) is 4.79 Å². The van der Waals surface area contributed by atoms with Gasteiger partial charge in [-0.15, -0.1) is 0 Å². The van der Waals surface area contributed by atoms with Gasteiger partial charge in [-0.25, -0.2) is 0 Å². The molecule has 0 aromatic carbocycles. The lowest BCUT2D eigenvalue weighted by Gasteiger charge is -2.55. The van der Waals surface area contributed by atoms with Gasteiger partial charge >= 0.3 is 0 Å². The Labute approximate surface area is 142 Å². The van der Waals surface area contributed by atoms with Crippen molar-refractivity contribution in [2.75, 3.05) is 0 Å². The number of hydrogen-bond donors (Lipinski definition) is 2. The Morgan fingerprint density at radius 1 is 1.25 bits per heavy atom. The summed E-state index contributed by atoms with van der Waals surface area (Å²) in [6.45, 7) is 4.13. The molecule has 0 spiro atoms. The van der Waals surface area contributed by atoms with Gasteiger partial charge in [0.15, 0.2) is 5.82 Å². The highest BCUT2D eigenvalue weighted by atomic mass is 16.5. The fourth-order valence-electron chi connectivity index (χ4n) is 5.51. The lowest BCUT2D eigenvalue weighted by Crippen LogP contribution is -2.49. The van der Waals surface area contributed by atoms with Crippen LogP contribution in [-0.4, -0.2) is 22.1 Å². The number of nitrogens with zero attached hydrogens (tertiary/aromatic N) is 2. The van der Waals surface area contributed by atoms with Crippen molar-refractivity contribution >= 4 is 5.91 Å². The summed E-state index contributed by atoms with van der Waals surface area (Å²) in [4.78, 5) is 16.6. The van der Waals surface area contributed by atoms with Crippen molar-refractivity contribution in [1.82, 2.24) is 15.5 Å². The van der Waals surface area contributed by atoms with Crippen LogP contribution in [0.4, 0.5) is 0 Å². The van der Waals surface area contributed by atoms with E-state index in [4.69, 9.17) is 10.3 Å². The molecule has 0 unspecified atom stereocenters. The maximum absolute atomic E-state index is 12.0. The second-order valence-electron chi connectivity index (χ2n) is 8.70. The van der Waals surface area contributed by atoms with Gasteiger partial charge < -0.3 is 15.6 Å². The number of carbonyl (C=O) groups is 1. The van der Waals surface area contributed by atoms with E-state index in [1.807, 2.05) is 13.8 Å². The molecule has 1 aromatic rings. The Kier molecular flexibility index (Phi) is 3.90. The van der Waals surface area contributed by atoms with Crippen LogP contribution in [0, 0.1) is 23.7 Å². The SMILES string of the molecule is CC(C)[C@H](N)C(=O)NCc1nc(C23CC4CC(CC(C4)C2)C3)no1. The molecule has 3 N–H and O–H groups in total. The quantitative estimate of drug-likeness (QED) is 0.861. The van der Waals surface area contributed by atoms with Gasteiger partial charge in [0.1, 0.15) is 0 Å². The molecule has 6 heteroatoms. The molecule has 132 valence electrons. The van der Waals surface area contributed by atoms with Crippen molar-refractivity contribution in [1.29, 1.82) is 0 Å². The van der Waals surface area contributed by atoms with Gasteiger partial charge in [0.2, 0.25) is 11.8 Å². The minimum atomic E-state index is -0.504. The number of nitrogens with two attached hydrogens (primary N) is 1. The van der Waals surface area contributed by atoms with Crippen LogP contribution in [-0.2, 0) is 16.8 Å². The van der Waals surface area contributed by atoms with Crippen LogP contribution in [0.25, 0.3) is 0 Å². The van der Waals surface area contributed by atoms with Gasteiger partial charge in [-0.2, -0.15) is 4.98 Å². The predicted octanol–water partition coefficient (Wildman–Crippen LogP) is 2.14. The molecule has 0 aliphatic heterocycles. The van der Waals surface area contributed by atoms with Gasteiger partial charge in [-0.1, -0.05) is 19.0 Å². The topological polar surface area (TPSA) is 94.0 Å². The van der Waals surface area contributed by atoms with E-state index >= 15 is 0 Å². The summed E-state index contributed by atoms with van der Waals surface area (Å²) in [6.07, 6.45) is 7.82. The van der Waals surface area contributed by atoms with Crippen LogP contribution in [0.15, 0.2) is 4.52 Å². The van der Waals surface area contributed by atoms with E-state index in [0.29, 0.717) is 5.89 Å². The number of carbonyl (C=O) groups excluding carboxylic acids is 1. The number of rotatable bonds is 5. The monoisotopic (exact) mass is 332 g/mol. The molecule has 1 atom stereocenters. The van der Waals surface area contributed by atoms with E-state index in [-0.39, 0.29) is 23.8 Å². The molecular formula is C18H28N4O2. The number of amides is 1. The normalized spacial score (nSPS) is 35.4. The highest BCUT2D eigenvalue weighted by Gasteiger charge is 2.53. The van der Waals surface area contributed by atoms with Gasteiger partial charge in [0.25, 0.3) is 0 Å². The average molecular weight is 332 g/mol. The zero-order valence-corrected chi connectivity index (χ0v) is 14.6. The van der Waals surface area contributed by atoms with Gasteiger partial charge in [-0.05, 0) is 62.2 Å². The summed E-state index contributed by atoms with van der Waals surface area (Å²) in [6, 6.07) is -0.504. The Morgan fingerprint density at radius 3 is 2.38 bits per heavy atom. The van der Waals surface area contributed by atoms with Crippen molar-refractivity contribution in [2.45, 2.75) is 70.4 Å². The van der Waals surface area contributed by atoms with Crippen LogP contribution in [0.5, 0.6) is 0 Å². The highest BCUT2D eigenvalue weighted by Crippen LogP contribution is 2.60. The number of aromatic nitrogens is 2. The van der Waals surface area contributed by atoms with E-state index in [0.717, 1.165) is 23.6 Å². The van der Waals surface area contributed by atoms with E-state index in [2.05, 4.69) is 15.5 Å². The summed E-state index contributed by atoms with van der Waals surface area (Å²) < 4.78 is 5.43. The first-order chi connectivity index (χ1) is 11.4. The Bertz CT molecular complexity index is 589. The minimum absolute atomic E-state index is 0.107. The third kappa shape index (κ3) is 2.75. The lowest BCUT2D eigenvalue weighted by atomic mass is 9.49. The van der Waals surface area contributed by atoms with Gasteiger partial charge in [0, 0.05) is 5.41 Å². The largest absolute Gasteiger partial charge is 0.346 e. The third-order valence-electron chi connectivity index (χ3n) is 6.42. The molecule has 0 radical (unpaired) electrons. The van der Waals surface area contributed by atoms with E-state index in [9.17, 15) is 4.79 Å². The van der Waals surface area contributed by atoms with Crippen molar-refractivity contribution < 1.29 is 9.32 Å². The molecule has 0 saturated heterocycles. The molecule has 24 heavy (non-hydrogen) atoms. The summed E-state index contributed by atoms with van der Waals surface area (Å²) in [5.74, 6) is 3.85. The molecule has 4 bridgehead atoms. The zero-order chi connectivity index (χ0) is 16.9. The first-order valence-corrected chi connectivity index (χ1v) is 9.31. The van der Waals surface area contributed by atoms with Crippen LogP contribution in [0.1, 0.15) is 64.1 Å². The maximum Gasteiger partial charge on any atom is 0.246 e. The Balaban J connectivity index is 1.43. The van der Waals surface area contributed by atoms with Crippen molar-refractivity contribution in [3.63, 3.8) is 0 Å². The van der Waals surface area contributed by atoms with Crippen LogP contribution < -0.4 is 11.1 Å². The first-order valence-electron chi connectivity index (χ1n) is 9.31. The molecule has 5 rings (SSSR count). The summed E-state index contributed by atoms with van der Waals surface area (Å²) >= 11 is 0. The summed E-state index contributed by atoms with van der Waals surface area (Å²) in [5, 5.41) is 7.10. The fraction of sp³-hybridized carbons (Fsp3) is 0.833. The number of nitrogens with one attached hydrogen (secondary N) is 1. The summed E-state index contributed by atoms with van der Waals surface area (Å²) in [5.41, 5.74) is 5.99. The Hall–Kier alpha value is -1.43. The van der Waals surface area contributed by atoms with Crippen molar-refractivity contribution in [3.05, 3.63) is 11.7 Å². The second kappa shape index (κ2) is 5.83. The molecular weight excluding hydrogens is 304 g/mol. The zero-order valence-electron chi connectivity index (χ0n) is 14.6. The van der Waals surface area contributed by atoms with Gasteiger partial charge in [0.05, 0.1) is 12.6 Å². The van der Waals surface area contributed by atoms with E-state index < -0.39 is 6.04 Å². The molecule has 6 nitrogen and oxygen atoms in total. The third-order valence-corrected chi connectivity index (χ3v) is 6.42. The number of hydrogen-bond acceptors (Lipinski definition) is 5. The van der Waals surface area contributed by atoms with E-state index in [1.54, 1.807) is 0 Å². The standard InChI is InChI=1S/C18H28N4O2/c1-10(2)15(19)16(23)20-9-14-21-17(22-24-14)18-6-11-3-12(7-18)5-13(4-11)8-18/h10-13,15H,3-9,19H2,1-2H3,(H,20,23)/t11?,12?,13?,15-,18?/m0/s1. The van der Waals surface area contributed by atoms with Crippen molar-refractivity contribution in [2.24, 2.45) is 29.4 Å². The highest BCUT2D eigenvalue weighted by molar-refractivity contribution is 5.81. The molecule has 4 aliphatic carbocycles. The molecule has 4 aliphatic rings. The van der Waals surface area contributed by atoms with Crippen LogP contribution in [0.2, 0.25) is 0 Å². The Morgan fingerprint density at radius 2 is 1.83 bits per heavy atom. The first kappa shape index (κ1) is 16.1. The smallest absolute Gasteiger partial charge is 0.246 e. The van der Waals surface area contributed by atoms with Crippen LogP contribution in [0.3, 0.4) is 0 Å². The lowest BCUT2D eigenvalue weighted by molar-refractivity contribution is -0.123. The van der Waals surface area contributed by atoms with Crippen LogP contribution >= 0.6 is 0 Å². The molecule has 1 aromatic heterocycles. The minimum Gasteiger partial charge on any atom is -0.346 e. The van der Waals surface area contributed by atoms with Crippen molar-refractivity contribution in [3.8, 4) is 0 Å². The second-order valence-corrected chi connectivity index (χ2v) is 8.70. The predicted molar refractivity (Wildman–Crippen MR) is 88.8 cm³/mol. The average Bonchev–Trinajstić information content (AvgIpc) is 3.00. The molecule has 4 saturated carbocycles. The summed E-state index contributed by atoms with van der Waals surface area (Å²) in [7, 11) is 0. The maximum atomic E-state index is 12.0. The van der Waals surface area contributed by atoms with E-state index in [1.165, 1.54) is 38.5 Å². The molecule has 1 heterocycles. The molecule has 1 amide bonds. The molecule has 4 fully saturated rings.